The monoisotopic (exact) mass is 346 g/mol. The van der Waals surface area contributed by atoms with Gasteiger partial charge >= 0.3 is 0 Å². The topological polar surface area (TPSA) is 23.6 Å². The first kappa shape index (κ1) is 16.6. The van der Waals surface area contributed by atoms with E-state index in [0.717, 1.165) is 42.8 Å². The lowest BCUT2D eigenvalue weighted by Crippen LogP contribution is -2.45. The largest absolute Gasteiger partial charge is 0.304 e. The molecule has 1 aliphatic heterocycles. The van der Waals surface area contributed by atoms with Crippen molar-refractivity contribution in [3.8, 4) is 0 Å². The van der Waals surface area contributed by atoms with Crippen LogP contribution in [0.15, 0.2) is 28.7 Å². The molecule has 0 unspecified atom stereocenters. The van der Waals surface area contributed by atoms with Crippen LogP contribution >= 0.6 is 28.3 Å². The fraction of sp³-hybridized carbons (Fsp3) is 0.500. The molecule has 1 heterocycles. The minimum atomic E-state index is 0. The number of piperazine rings is 1. The molecule has 1 aromatic carbocycles. The molecule has 0 N–H and O–H groups in total. The van der Waals surface area contributed by atoms with E-state index in [1.807, 2.05) is 24.3 Å². The Labute approximate surface area is 129 Å². The molecule has 0 aliphatic carbocycles. The Balaban J connectivity index is 0.00000180. The van der Waals surface area contributed by atoms with Crippen molar-refractivity contribution >= 4 is 34.1 Å². The number of hydrogen-bond donors (Lipinski definition) is 0. The second-order valence-electron chi connectivity index (χ2n) is 4.82. The normalized spacial score (nSPS) is 16.9. The van der Waals surface area contributed by atoms with Crippen LogP contribution in [0.1, 0.15) is 16.8 Å². The minimum Gasteiger partial charge on any atom is -0.304 e. The van der Waals surface area contributed by atoms with Gasteiger partial charge in [0.05, 0.1) is 0 Å². The van der Waals surface area contributed by atoms with Crippen LogP contribution in [-0.4, -0.2) is 55.4 Å². The second-order valence-corrected chi connectivity index (χ2v) is 5.74. The van der Waals surface area contributed by atoms with E-state index in [4.69, 9.17) is 0 Å². The van der Waals surface area contributed by atoms with Crippen molar-refractivity contribution in [1.29, 1.82) is 0 Å². The van der Waals surface area contributed by atoms with Gasteiger partial charge in [-0.1, -0.05) is 28.1 Å². The van der Waals surface area contributed by atoms with Crippen molar-refractivity contribution in [1.82, 2.24) is 9.80 Å². The molecule has 1 aromatic rings. The Kier molecular flexibility index (Phi) is 7.00. The molecule has 0 atom stereocenters. The van der Waals surface area contributed by atoms with Crippen LogP contribution in [0, 0.1) is 0 Å². The summed E-state index contributed by atoms with van der Waals surface area (Å²) < 4.78 is 1.01. The summed E-state index contributed by atoms with van der Waals surface area (Å²) >= 11 is 3.38. The number of Topliss-reactive ketones (excluding diaryl/α,β-unsaturated/α-hetero) is 1. The molecule has 1 fully saturated rings. The van der Waals surface area contributed by atoms with Crippen molar-refractivity contribution in [2.45, 2.75) is 6.42 Å². The smallest absolute Gasteiger partial charge is 0.164 e. The molecular weight excluding hydrogens is 328 g/mol. The van der Waals surface area contributed by atoms with E-state index < -0.39 is 0 Å². The van der Waals surface area contributed by atoms with Gasteiger partial charge in [0, 0.05) is 49.2 Å². The summed E-state index contributed by atoms with van der Waals surface area (Å²) in [6.07, 6.45) is 0.616. The van der Waals surface area contributed by atoms with E-state index in [-0.39, 0.29) is 18.2 Å². The highest BCUT2D eigenvalue weighted by Gasteiger charge is 2.15. The zero-order chi connectivity index (χ0) is 13.0. The Hall–Kier alpha value is -0.420. The predicted molar refractivity (Wildman–Crippen MR) is 84.3 cm³/mol. The van der Waals surface area contributed by atoms with Crippen molar-refractivity contribution in [2.75, 3.05) is 39.8 Å². The summed E-state index contributed by atoms with van der Waals surface area (Å²) in [7, 11) is 2.14. The van der Waals surface area contributed by atoms with Gasteiger partial charge in [-0.15, -0.1) is 12.4 Å². The van der Waals surface area contributed by atoms with Crippen LogP contribution in [0.2, 0.25) is 0 Å². The molecule has 0 aromatic heterocycles. The molecule has 19 heavy (non-hydrogen) atoms. The van der Waals surface area contributed by atoms with Crippen LogP contribution in [-0.2, 0) is 0 Å². The lowest BCUT2D eigenvalue weighted by molar-refractivity contribution is 0.0942. The van der Waals surface area contributed by atoms with E-state index in [1.165, 1.54) is 0 Å². The maximum Gasteiger partial charge on any atom is 0.164 e. The molecule has 0 radical (unpaired) electrons. The number of benzene rings is 1. The molecule has 5 heteroatoms. The maximum atomic E-state index is 12.0. The van der Waals surface area contributed by atoms with Gasteiger partial charge in [0.15, 0.2) is 5.78 Å². The van der Waals surface area contributed by atoms with Gasteiger partial charge in [-0.2, -0.15) is 0 Å². The predicted octanol–water partition coefficient (Wildman–Crippen LogP) is 2.69. The van der Waals surface area contributed by atoms with Gasteiger partial charge < -0.3 is 9.80 Å². The van der Waals surface area contributed by atoms with E-state index in [2.05, 4.69) is 32.8 Å². The molecule has 3 nitrogen and oxygen atoms in total. The zero-order valence-electron chi connectivity index (χ0n) is 11.1. The highest BCUT2D eigenvalue weighted by molar-refractivity contribution is 9.10. The molecule has 0 saturated carbocycles. The lowest BCUT2D eigenvalue weighted by atomic mass is 10.1. The molecule has 1 aliphatic rings. The summed E-state index contributed by atoms with van der Waals surface area (Å²) in [5, 5.41) is 0. The van der Waals surface area contributed by atoms with Gasteiger partial charge in [-0.05, 0) is 19.2 Å². The van der Waals surface area contributed by atoms with E-state index in [1.54, 1.807) is 0 Å². The van der Waals surface area contributed by atoms with Gasteiger partial charge in [0.2, 0.25) is 0 Å². The standard InChI is InChI=1S/C14H19BrN2O.ClH/c1-16-8-10-17(11-9-16)7-6-14(18)12-2-4-13(15)5-3-12;/h2-5H,6-11H2,1H3;1H. The quantitative estimate of drug-likeness (QED) is 0.783. The first-order valence-electron chi connectivity index (χ1n) is 6.35. The molecule has 1 saturated heterocycles. The average Bonchev–Trinajstić information content (AvgIpc) is 2.38. The fourth-order valence-electron chi connectivity index (χ4n) is 2.11. The first-order chi connectivity index (χ1) is 8.65. The number of halogens is 2. The highest BCUT2D eigenvalue weighted by atomic mass is 79.9. The Morgan fingerprint density at radius 2 is 1.74 bits per heavy atom. The zero-order valence-corrected chi connectivity index (χ0v) is 13.5. The summed E-state index contributed by atoms with van der Waals surface area (Å²) in [5.41, 5.74) is 0.812. The number of hydrogen-bond acceptors (Lipinski definition) is 3. The third kappa shape index (κ3) is 5.22. The molecular formula is C14H20BrClN2O. The van der Waals surface area contributed by atoms with Crippen LogP contribution in [0.4, 0.5) is 0 Å². The number of ketones is 1. The summed E-state index contributed by atoms with van der Waals surface area (Å²) in [6, 6.07) is 7.61. The second kappa shape index (κ2) is 8.00. The van der Waals surface area contributed by atoms with Crippen LogP contribution in [0.5, 0.6) is 0 Å². The fourth-order valence-corrected chi connectivity index (χ4v) is 2.38. The Morgan fingerprint density at radius 1 is 1.16 bits per heavy atom. The van der Waals surface area contributed by atoms with Crippen LogP contribution < -0.4 is 0 Å². The molecule has 0 amide bonds. The van der Waals surface area contributed by atoms with Gasteiger partial charge in [-0.25, -0.2) is 0 Å². The lowest BCUT2D eigenvalue weighted by Gasteiger charge is -2.32. The molecule has 0 bridgehead atoms. The van der Waals surface area contributed by atoms with Gasteiger partial charge in [0.1, 0.15) is 0 Å². The average molecular weight is 348 g/mol. The number of carbonyl (C=O) groups excluding carboxylic acids is 1. The molecule has 106 valence electrons. The van der Waals surface area contributed by atoms with Gasteiger partial charge in [0.25, 0.3) is 0 Å². The number of likely N-dealkylation sites (N-methyl/N-ethyl adjacent to an activating group) is 1. The molecule has 2 rings (SSSR count). The summed E-state index contributed by atoms with van der Waals surface area (Å²) in [5.74, 6) is 0.237. The number of carbonyl (C=O) groups is 1. The van der Waals surface area contributed by atoms with E-state index in [9.17, 15) is 4.79 Å². The summed E-state index contributed by atoms with van der Waals surface area (Å²) in [4.78, 5) is 16.7. The van der Waals surface area contributed by atoms with Crippen molar-refractivity contribution in [2.24, 2.45) is 0 Å². The third-order valence-corrected chi connectivity index (χ3v) is 3.95. The van der Waals surface area contributed by atoms with Crippen LogP contribution in [0.3, 0.4) is 0 Å². The SMILES string of the molecule is CN1CCN(CCC(=O)c2ccc(Br)cc2)CC1.Cl. The number of nitrogens with zero attached hydrogens (tertiary/aromatic N) is 2. The minimum absolute atomic E-state index is 0. The van der Waals surface area contributed by atoms with Crippen molar-refractivity contribution in [3.63, 3.8) is 0 Å². The molecule has 0 spiro atoms. The summed E-state index contributed by atoms with van der Waals surface area (Å²) in [6.45, 7) is 5.23. The van der Waals surface area contributed by atoms with Gasteiger partial charge in [-0.3, -0.25) is 4.79 Å². The Bertz CT molecular complexity index is 402. The maximum absolute atomic E-state index is 12.0. The number of rotatable bonds is 4. The van der Waals surface area contributed by atoms with E-state index >= 15 is 0 Å². The highest BCUT2D eigenvalue weighted by Crippen LogP contribution is 2.12. The Morgan fingerprint density at radius 3 is 2.32 bits per heavy atom. The van der Waals surface area contributed by atoms with Crippen molar-refractivity contribution < 1.29 is 4.79 Å². The van der Waals surface area contributed by atoms with Crippen molar-refractivity contribution in [3.05, 3.63) is 34.3 Å². The van der Waals surface area contributed by atoms with Crippen LogP contribution in [0.25, 0.3) is 0 Å². The first-order valence-corrected chi connectivity index (χ1v) is 7.14. The van der Waals surface area contributed by atoms with E-state index in [0.29, 0.717) is 6.42 Å². The third-order valence-electron chi connectivity index (χ3n) is 3.42.